The Morgan fingerprint density at radius 2 is 1.78 bits per heavy atom. The highest BCUT2D eigenvalue weighted by Crippen LogP contribution is 2.11. The number of esters is 1. The summed E-state index contributed by atoms with van der Waals surface area (Å²) < 4.78 is 10.2. The van der Waals surface area contributed by atoms with E-state index < -0.39 is 0 Å². The average Bonchev–Trinajstić information content (AvgIpc) is 2.56. The summed E-state index contributed by atoms with van der Waals surface area (Å²) in [5.74, 6) is 0.258. The minimum atomic E-state index is -0.308. The molecule has 0 unspecified atom stereocenters. The number of unbranched alkanes of at least 4 members (excludes halogenated alkanes) is 2. The molecular formula is C18H27NO4. The summed E-state index contributed by atoms with van der Waals surface area (Å²) in [6.45, 7) is 5.10. The lowest BCUT2D eigenvalue weighted by molar-refractivity contribution is -0.142. The minimum Gasteiger partial charge on any atom is -0.484 e. The zero-order valence-corrected chi connectivity index (χ0v) is 14.3. The van der Waals surface area contributed by atoms with Gasteiger partial charge in [0.2, 0.25) is 0 Å². The van der Waals surface area contributed by atoms with Gasteiger partial charge in [0.25, 0.3) is 5.91 Å². The van der Waals surface area contributed by atoms with E-state index in [1.54, 1.807) is 4.90 Å². The van der Waals surface area contributed by atoms with Crippen molar-refractivity contribution in [3.8, 4) is 5.75 Å². The second kappa shape index (κ2) is 10.6. The van der Waals surface area contributed by atoms with E-state index >= 15 is 0 Å². The van der Waals surface area contributed by atoms with Gasteiger partial charge in [0, 0.05) is 13.1 Å². The van der Waals surface area contributed by atoms with E-state index in [1.807, 2.05) is 31.2 Å². The topological polar surface area (TPSA) is 55.8 Å². The Kier molecular flexibility index (Phi) is 8.80. The predicted molar refractivity (Wildman–Crippen MR) is 89.4 cm³/mol. The highest BCUT2D eigenvalue weighted by Gasteiger charge is 2.15. The van der Waals surface area contributed by atoms with Gasteiger partial charge in [-0.2, -0.15) is 0 Å². The number of carbonyl (C=O) groups is 2. The molecule has 0 heterocycles. The third-order valence-corrected chi connectivity index (χ3v) is 3.58. The van der Waals surface area contributed by atoms with Crippen LogP contribution in [0.2, 0.25) is 0 Å². The lowest BCUT2D eigenvalue weighted by Crippen LogP contribution is -2.37. The lowest BCUT2D eigenvalue weighted by atomic mass is 10.2. The first-order chi connectivity index (χ1) is 11.1. The van der Waals surface area contributed by atoms with E-state index in [1.165, 1.54) is 7.11 Å². The largest absolute Gasteiger partial charge is 0.484 e. The van der Waals surface area contributed by atoms with Gasteiger partial charge in [-0.05, 0) is 25.5 Å². The normalized spacial score (nSPS) is 10.2. The van der Waals surface area contributed by atoms with Crippen molar-refractivity contribution < 1.29 is 19.1 Å². The van der Waals surface area contributed by atoms with Crippen LogP contribution in [0.5, 0.6) is 5.75 Å². The summed E-state index contributed by atoms with van der Waals surface area (Å²) in [6, 6.07) is 7.57. The second-order valence-electron chi connectivity index (χ2n) is 5.52. The summed E-state index contributed by atoms with van der Waals surface area (Å²) in [5, 5.41) is 0. The Bertz CT molecular complexity index is 484. The quantitative estimate of drug-likeness (QED) is 0.491. The number of hydrogen-bond acceptors (Lipinski definition) is 4. The molecule has 23 heavy (non-hydrogen) atoms. The van der Waals surface area contributed by atoms with Crippen molar-refractivity contribution >= 4 is 11.9 Å². The zero-order valence-electron chi connectivity index (χ0n) is 14.3. The maximum atomic E-state index is 12.3. The SMILES string of the molecule is CCCCCN(CCC(=O)OC)C(=O)COc1ccc(C)cc1. The van der Waals surface area contributed by atoms with Crippen LogP contribution in [-0.4, -0.2) is 43.6 Å². The van der Waals surface area contributed by atoms with Gasteiger partial charge in [0.05, 0.1) is 13.5 Å². The summed E-state index contributed by atoms with van der Waals surface area (Å²) in [7, 11) is 1.35. The van der Waals surface area contributed by atoms with Gasteiger partial charge in [-0.15, -0.1) is 0 Å². The minimum absolute atomic E-state index is 0.0175. The first-order valence-corrected chi connectivity index (χ1v) is 8.11. The van der Waals surface area contributed by atoms with Gasteiger partial charge in [-0.1, -0.05) is 37.5 Å². The molecule has 0 fully saturated rings. The van der Waals surface area contributed by atoms with Gasteiger partial charge < -0.3 is 14.4 Å². The molecule has 0 aliphatic rings. The molecule has 1 rings (SSSR count). The van der Waals surface area contributed by atoms with Crippen LogP contribution in [0.1, 0.15) is 38.2 Å². The zero-order chi connectivity index (χ0) is 17.1. The number of hydrogen-bond donors (Lipinski definition) is 0. The van der Waals surface area contributed by atoms with Crippen molar-refractivity contribution in [2.75, 3.05) is 26.8 Å². The third kappa shape index (κ3) is 7.68. The molecule has 0 saturated heterocycles. The van der Waals surface area contributed by atoms with Crippen LogP contribution in [-0.2, 0) is 14.3 Å². The number of rotatable bonds is 10. The molecule has 128 valence electrons. The summed E-state index contributed by atoms with van der Waals surface area (Å²) in [6.07, 6.45) is 3.27. The van der Waals surface area contributed by atoms with Crippen molar-refractivity contribution in [3.05, 3.63) is 29.8 Å². The molecule has 1 amide bonds. The van der Waals surface area contributed by atoms with Crippen LogP contribution in [0.4, 0.5) is 0 Å². The molecule has 1 aromatic carbocycles. The van der Waals surface area contributed by atoms with Crippen LogP contribution in [0.15, 0.2) is 24.3 Å². The van der Waals surface area contributed by atoms with Gasteiger partial charge in [0.1, 0.15) is 5.75 Å². The number of aryl methyl sites for hydroxylation is 1. The second-order valence-corrected chi connectivity index (χ2v) is 5.52. The first-order valence-electron chi connectivity index (χ1n) is 8.11. The highest BCUT2D eigenvalue weighted by molar-refractivity contribution is 5.78. The molecule has 0 aromatic heterocycles. The Labute approximate surface area is 138 Å². The van der Waals surface area contributed by atoms with E-state index in [4.69, 9.17) is 4.74 Å². The Hall–Kier alpha value is -2.04. The molecule has 0 aliphatic carbocycles. The van der Waals surface area contributed by atoms with E-state index in [-0.39, 0.29) is 24.9 Å². The van der Waals surface area contributed by atoms with Crippen LogP contribution < -0.4 is 4.74 Å². The van der Waals surface area contributed by atoms with Crippen LogP contribution >= 0.6 is 0 Å². The summed E-state index contributed by atoms with van der Waals surface area (Å²) >= 11 is 0. The van der Waals surface area contributed by atoms with Crippen molar-refractivity contribution in [2.24, 2.45) is 0 Å². The number of amides is 1. The maximum Gasteiger partial charge on any atom is 0.307 e. The standard InChI is InChI=1S/C18H27NO4/c1-4-5-6-12-19(13-11-18(21)22-3)17(20)14-23-16-9-7-15(2)8-10-16/h7-10H,4-6,11-14H2,1-3H3. The Morgan fingerprint density at radius 3 is 2.39 bits per heavy atom. The summed E-state index contributed by atoms with van der Waals surface area (Å²) in [4.78, 5) is 25.3. The van der Waals surface area contributed by atoms with Crippen LogP contribution in [0.3, 0.4) is 0 Å². The lowest BCUT2D eigenvalue weighted by Gasteiger charge is -2.22. The number of carbonyl (C=O) groups excluding carboxylic acids is 2. The predicted octanol–water partition coefficient (Wildman–Crippen LogP) is 2.96. The summed E-state index contributed by atoms with van der Waals surface area (Å²) in [5.41, 5.74) is 1.14. The Balaban J connectivity index is 2.51. The molecule has 5 nitrogen and oxygen atoms in total. The smallest absolute Gasteiger partial charge is 0.307 e. The van der Waals surface area contributed by atoms with E-state index in [9.17, 15) is 9.59 Å². The molecule has 0 saturated carbocycles. The molecule has 0 bridgehead atoms. The first kappa shape index (κ1) is 19.0. The molecule has 0 spiro atoms. The fourth-order valence-corrected chi connectivity index (χ4v) is 2.11. The fourth-order valence-electron chi connectivity index (χ4n) is 2.11. The highest BCUT2D eigenvalue weighted by atomic mass is 16.5. The van der Waals surface area contributed by atoms with Gasteiger partial charge in [0.15, 0.2) is 6.61 Å². The van der Waals surface area contributed by atoms with Gasteiger partial charge >= 0.3 is 5.97 Å². The number of ether oxygens (including phenoxy) is 2. The third-order valence-electron chi connectivity index (χ3n) is 3.58. The van der Waals surface area contributed by atoms with Crippen molar-refractivity contribution in [3.63, 3.8) is 0 Å². The maximum absolute atomic E-state index is 12.3. The van der Waals surface area contributed by atoms with E-state index in [2.05, 4.69) is 11.7 Å². The van der Waals surface area contributed by atoms with Gasteiger partial charge in [-0.3, -0.25) is 9.59 Å². The Morgan fingerprint density at radius 1 is 1.09 bits per heavy atom. The molecular weight excluding hydrogens is 294 g/mol. The molecule has 0 radical (unpaired) electrons. The number of benzene rings is 1. The molecule has 0 atom stereocenters. The fraction of sp³-hybridized carbons (Fsp3) is 0.556. The number of methoxy groups -OCH3 is 1. The van der Waals surface area contributed by atoms with Crippen LogP contribution in [0.25, 0.3) is 0 Å². The monoisotopic (exact) mass is 321 g/mol. The van der Waals surface area contributed by atoms with E-state index in [0.29, 0.717) is 18.8 Å². The molecule has 0 aliphatic heterocycles. The van der Waals surface area contributed by atoms with E-state index in [0.717, 1.165) is 24.8 Å². The average molecular weight is 321 g/mol. The van der Waals surface area contributed by atoms with Crippen molar-refractivity contribution in [1.29, 1.82) is 0 Å². The molecule has 1 aromatic rings. The number of nitrogens with zero attached hydrogens (tertiary/aromatic N) is 1. The molecule has 0 N–H and O–H groups in total. The van der Waals surface area contributed by atoms with Crippen molar-refractivity contribution in [1.82, 2.24) is 4.90 Å². The van der Waals surface area contributed by atoms with Gasteiger partial charge in [-0.25, -0.2) is 0 Å². The van der Waals surface area contributed by atoms with Crippen LogP contribution in [0, 0.1) is 6.92 Å². The molecule has 5 heteroatoms. The van der Waals surface area contributed by atoms with Crippen molar-refractivity contribution in [2.45, 2.75) is 39.5 Å².